The number of hydrogen-bond donors (Lipinski definition) is 0. The zero-order chi connectivity index (χ0) is 35.2. The fraction of sp³-hybridized carbons (Fsp3) is 0.0652. The van der Waals surface area contributed by atoms with Gasteiger partial charge in [-0.05, 0) is 112 Å². The largest absolute Gasteiger partial charge is 0.192 e. The molecule has 0 spiro atoms. The summed E-state index contributed by atoms with van der Waals surface area (Å²) in [6.45, 7) is 4.52. The van der Waals surface area contributed by atoms with Crippen LogP contribution < -0.4 is 0 Å². The van der Waals surface area contributed by atoms with Gasteiger partial charge in [-0.25, -0.2) is 0 Å². The van der Waals surface area contributed by atoms with E-state index in [9.17, 15) is 8.00 Å². The van der Waals surface area contributed by atoms with Crippen LogP contribution in [0.25, 0.3) is 76.8 Å². The van der Waals surface area contributed by atoms with Gasteiger partial charge in [0.2, 0.25) is 0 Å². The summed E-state index contributed by atoms with van der Waals surface area (Å²) in [6.07, 6.45) is 0. The molecule has 0 unspecified atom stereocenters. The average Bonchev–Trinajstić information content (AvgIpc) is 3.39. The minimum absolute atomic E-state index is 0.0810. The fourth-order valence-electron chi connectivity index (χ4n) is 7.74. The van der Waals surface area contributed by atoms with E-state index >= 15 is 0 Å². The summed E-state index contributed by atoms with van der Waals surface area (Å²) >= 11 is 0. The number of benzene rings is 8. The van der Waals surface area contributed by atoms with E-state index in [2.05, 4.69) is 80.6 Å². The highest BCUT2D eigenvalue weighted by Gasteiger charge is 2.36. The highest BCUT2D eigenvalue weighted by atomic mass is 14.4. The molecule has 1 aliphatic rings. The van der Waals surface area contributed by atoms with Crippen molar-refractivity contribution in [1.82, 2.24) is 0 Å². The standard InChI is InChI=1S/C46H31N/c1-46(2)42-24-21-33(26-40(42)35-23-20-32(27-43(35)46)30-11-4-3-5-12-30)44-37-16-8-9-17-38(37)45(41-25-29(28-47)19-22-39(41)44)36-18-10-14-31-13-6-7-15-34(31)36/h3-27H,1-2H3/i8D,9D,16D,17D. The van der Waals surface area contributed by atoms with Crippen LogP contribution in [0.2, 0.25) is 0 Å². The summed E-state index contributed by atoms with van der Waals surface area (Å²) < 4.78 is 36.4. The predicted molar refractivity (Wildman–Crippen MR) is 198 cm³/mol. The van der Waals surface area contributed by atoms with Gasteiger partial charge in [0.15, 0.2) is 0 Å². The first-order chi connectivity index (χ1) is 24.7. The van der Waals surface area contributed by atoms with E-state index in [4.69, 9.17) is 2.74 Å². The Labute approximate surface area is 280 Å². The first kappa shape index (κ1) is 23.4. The maximum Gasteiger partial charge on any atom is 0.0991 e. The molecule has 1 aliphatic carbocycles. The second-order valence-corrected chi connectivity index (χ2v) is 12.9. The molecular formula is C46H31N. The van der Waals surface area contributed by atoms with Gasteiger partial charge in [0.25, 0.3) is 0 Å². The molecule has 0 aliphatic heterocycles. The summed E-state index contributed by atoms with van der Waals surface area (Å²) in [5.41, 5.74) is 10.4. The molecule has 0 radical (unpaired) electrons. The molecule has 0 saturated heterocycles. The van der Waals surface area contributed by atoms with Crippen molar-refractivity contribution in [3.63, 3.8) is 0 Å². The summed E-state index contributed by atoms with van der Waals surface area (Å²) in [5.74, 6) is 0. The molecule has 0 fully saturated rings. The van der Waals surface area contributed by atoms with Crippen LogP contribution in [0.15, 0.2) is 152 Å². The zero-order valence-corrected chi connectivity index (χ0v) is 26.1. The summed E-state index contributed by atoms with van der Waals surface area (Å²) in [4.78, 5) is 0. The first-order valence-corrected chi connectivity index (χ1v) is 15.9. The molecule has 1 nitrogen and oxygen atoms in total. The monoisotopic (exact) mass is 601 g/mol. The van der Waals surface area contributed by atoms with Crippen LogP contribution in [0.3, 0.4) is 0 Å². The van der Waals surface area contributed by atoms with E-state index < -0.39 is 0 Å². The highest BCUT2D eigenvalue weighted by Crippen LogP contribution is 2.52. The lowest BCUT2D eigenvalue weighted by molar-refractivity contribution is 0.660. The van der Waals surface area contributed by atoms with E-state index in [0.717, 1.165) is 49.4 Å². The normalized spacial score (nSPS) is 14.2. The van der Waals surface area contributed by atoms with Crippen molar-refractivity contribution in [2.75, 3.05) is 0 Å². The minimum atomic E-state index is -0.283. The zero-order valence-electron chi connectivity index (χ0n) is 30.1. The molecule has 0 bridgehead atoms. The Morgan fingerprint density at radius 2 is 1.26 bits per heavy atom. The van der Waals surface area contributed by atoms with Gasteiger partial charge in [0.05, 0.1) is 17.1 Å². The van der Waals surface area contributed by atoms with Crippen LogP contribution in [0.5, 0.6) is 0 Å². The molecule has 0 amide bonds. The molecule has 9 rings (SSSR count). The minimum Gasteiger partial charge on any atom is -0.192 e. The number of hydrogen-bond acceptors (Lipinski definition) is 1. The van der Waals surface area contributed by atoms with Crippen molar-refractivity contribution in [2.24, 2.45) is 0 Å². The van der Waals surface area contributed by atoms with Gasteiger partial charge in [-0.1, -0.05) is 141 Å². The molecule has 8 aromatic carbocycles. The average molecular weight is 602 g/mol. The molecule has 0 atom stereocenters. The van der Waals surface area contributed by atoms with Crippen LogP contribution in [0, 0.1) is 11.3 Å². The Kier molecular flexibility index (Phi) is 5.11. The molecule has 0 saturated carbocycles. The summed E-state index contributed by atoms with van der Waals surface area (Å²) in [7, 11) is 0. The number of nitrogens with zero attached hydrogens (tertiary/aromatic N) is 1. The second-order valence-electron chi connectivity index (χ2n) is 12.9. The fourth-order valence-corrected chi connectivity index (χ4v) is 7.74. The van der Waals surface area contributed by atoms with Gasteiger partial charge < -0.3 is 0 Å². The number of rotatable bonds is 3. The first-order valence-electron chi connectivity index (χ1n) is 17.9. The predicted octanol–water partition coefficient (Wildman–Crippen LogP) is 12.3. The van der Waals surface area contributed by atoms with Crippen LogP contribution in [-0.4, -0.2) is 0 Å². The lowest BCUT2D eigenvalue weighted by Gasteiger charge is -2.22. The molecule has 0 aromatic heterocycles. The molecule has 8 aromatic rings. The van der Waals surface area contributed by atoms with Gasteiger partial charge in [-0.3, -0.25) is 0 Å². The maximum atomic E-state index is 10.1. The quantitative estimate of drug-likeness (QED) is 0.185. The van der Waals surface area contributed by atoms with Gasteiger partial charge in [0.1, 0.15) is 0 Å². The lowest BCUT2D eigenvalue weighted by atomic mass is 9.80. The Morgan fingerprint density at radius 3 is 2.09 bits per heavy atom. The SMILES string of the molecule is [2H]c1c([2H])c([2H])c2c(-c3cccc4ccccc34)c3cc(C#N)ccc3c(-c3ccc4c(c3)-c3ccc(-c5ccccc5)cc3C4(C)C)c2c1[2H]. The van der Waals surface area contributed by atoms with Crippen molar-refractivity contribution in [3.05, 3.63) is 168 Å². The van der Waals surface area contributed by atoms with Crippen molar-refractivity contribution in [3.8, 4) is 50.6 Å². The van der Waals surface area contributed by atoms with Crippen LogP contribution in [-0.2, 0) is 5.41 Å². The van der Waals surface area contributed by atoms with Crippen LogP contribution >= 0.6 is 0 Å². The second kappa shape index (κ2) is 10.3. The van der Waals surface area contributed by atoms with Crippen molar-refractivity contribution in [2.45, 2.75) is 19.3 Å². The molecular weight excluding hydrogens is 567 g/mol. The summed E-state index contributed by atoms with van der Waals surface area (Å²) in [5, 5.41) is 14.6. The van der Waals surface area contributed by atoms with Crippen LogP contribution in [0.4, 0.5) is 0 Å². The molecule has 0 N–H and O–H groups in total. The van der Waals surface area contributed by atoms with E-state index in [1.807, 2.05) is 60.7 Å². The molecule has 220 valence electrons. The van der Waals surface area contributed by atoms with Crippen molar-refractivity contribution < 1.29 is 5.48 Å². The van der Waals surface area contributed by atoms with Gasteiger partial charge in [0, 0.05) is 5.41 Å². The van der Waals surface area contributed by atoms with E-state index in [0.29, 0.717) is 21.9 Å². The lowest BCUT2D eigenvalue weighted by Crippen LogP contribution is -2.15. The summed E-state index contributed by atoms with van der Waals surface area (Å²) in [6, 6.07) is 44.8. The van der Waals surface area contributed by atoms with Gasteiger partial charge in [-0.15, -0.1) is 0 Å². The molecule has 0 heterocycles. The highest BCUT2D eigenvalue weighted by molar-refractivity contribution is 6.23. The Hall–Kier alpha value is -5.97. The molecule has 1 heteroatoms. The third-order valence-corrected chi connectivity index (χ3v) is 10.0. The van der Waals surface area contributed by atoms with Gasteiger partial charge in [-0.2, -0.15) is 5.26 Å². The Balaban J connectivity index is 1.40. The number of nitriles is 1. The van der Waals surface area contributed by atoms with Crippen LogP contribution in [0.1, 0.15) is 36.0 Å². The Morgan fingerprint density at radius 1 is 0.511 bits per heavy atom. The Bertz CT molecular complexity index is 2820. The molecule has 47 heavy (non-hydrogen) atoms. The third kappa shape index (κ3) is 4.09. The van der Waals surface area contributed by atoms with E-state index in [1.54, 1.807) is 6.07 Å². The van der Waals surface area contributed by atoms with Gasteiger partial charge >= 0.3 is 0 Å². The third-order valence-electron chi connectivity index (χ3n) is 10.0. The maximum absolute atomic E-state index is 10.1. The van der Waals surface area contributed by atoms with E-state index in [1.165, 1.54) is 22.3 Å². The smallest absolute Gasteiger partial charge is 0.0991 e. The van der Waals surface area contributed by atoms with Crippen molar-refractivity contribution >= 4 is 32.3 Å². The topological polar surface area (TPSA) is 23.8 Å². The number of fused-ring (bicyclic) bond motifs is 6. The van der Waals surface area contributed by atoms with E-state index in [-0.39, 0.29) is 29.6 Å². The van der Waals surface area contributed by atoms with Crippen molar-refractivity contribution in [1.29, 1.82) is 5.26 Å².